The maximum Gasteiger partial charge on any atom is 0.407 e. The number of esters is 1. The van der Waals surface area contributed by atoms with Crippen LogP contribution in [0.15, 0.2) is 54.9 Å². The third-order valence-corrected chi connectivity index (χ3v) is 7.85. The number of aromatic nitrogens is 1. The third-order valence-electron chi connectivity index (χ3n) is 6.85. The molecule has 2 amide bonds. The zero-order valence-electron chi connectivity index (χ0n) is 24.2. The number of hydrogen-bond acceptors (Lipinski definition) is 11. The van der Waals surface area contributed by atoms with Crippen LogP contribution in [0.3, 0.4) is 0 Å². The lowest BCUT2D eigenvalue weighted by molar-refractivity contribution is -0.757. The van der Waals surface area contributed by atoms with Crippen molar-refractivity contribution in [3.8, 4) is 0 Å². The van der Waals surface area contributed by atoms with Gasteiger partial charge >= 0.3 is 12.1 Å². The Morgan fingerprint density at radius 2 is 1.98 bits per heavy atom. The van der Waals surface area contributed by atoms with Crippen molar-refractivity contribution in [1.29, 1.82) is 0 Å². The number of alkyl carbamates (subject to hydrolysis) is 1. The minimum atomic E-state index is -0.891. The summed E-state index contributed by atoms with van der Waals surface area (Å²) in [4.78, 5) is 60.6. The molecule has 4 rings (SSSR count). The summed E-state index contributed by atoms with van der Waals surface area (Å²) < 4.78 is 11.9. The van der Waals surface area contributed by atoms with Gasteiger partial charge in [-0.05, 0) is 56.2 Å². The molecule has 0 saturated carbocycles. The Hall–Kier alpha value is -4.30. The van der Waals surface area contributed by atoms with Gasteiger partial charge in [0, 0.05) is 32.0 Å². The minimum absolute atomic E-state index is 0.0527. The second-order valence-corrected chi connectivity index (χ2v) is 12.2. The van der Waals surface area contributed by atoms with E-state index in [0.29, 0.717) is 5.00 Å². The van der Waals surface area contributed by atoms with Gasteiger partial charge in [0.1, 0.15) is 24.9 Å². The summed E-state index contributed by atoms with van der Waals surface area (Å²) in [5, 5.41) is 17.1. The normalized spacial score (nSPS) is 17.7. The van der Waals surface area contributed by atoms with Crippen LogP contribution in [0.2, 0.25) is 0 Å². The second kappa shape index (κ2) is 14.2. The van der Waals surface area contributed by atoms with E-state index in [0.717, 1.165) is 15.6 Å². The van der Waals surface area contributed by atoms with E-state index in [4.69, 9.17) is 9.47 Å². The molecular weight excluding hydrogens is 578 g/mol. The number of pyridine rings is 1. The van der Waals surface area contributed by atoms with Gasteiger partial charge in [-0.2, -0.15) is 0 Å². The molecule has 0 aliphatic carbocycles. The van der Waals surface area contributed by atoms with Crippen LogP contribution in [0.5, 0.6) is 0 Å². The number of nitrogens with zero attached hydrogens (tertiary/aromatic N) is 3. The molecule has 3 aromatic rings. The number of fused-ring (bicyclic) bond motifs is 1. The Labute approximate surface area is 252 Å². The van der Waals surface area contributed by atoms with Crippen LogP contribution in [0, 0.1) is 22.0 Å². The third kappa shape index (κ3) is 9.35. The van der Waals surface area contributed by atoms with Gasteiger partial charge in [0.05, 0.1) is 15.6 Å². The lowest BCUT2D eigenvalue weighted by atomic mass is 9.89. The maximum absolute atomic E-state index is 13.7. The zero-order chi connectivity index (χ0) is 31.0. The fraction of sp³-hybridized carbons (Fsp3) is 0.448. The molecule has 2 unspecified atom stereocenters. The second-order valence-electron chi connectivity index (χ2n) is 11.2. The first-order chi connectivity index (χ1) is 20.5. The van der Waals surface area contributed by atoms with E-state index >= 15 is 0 Å². The molecule has 2 aromatic heterocycles. The van der Waals surface area contributed by atoms with Crippen LogP contribution in [-0.2, 0) is 30.5 Å². The highest BCUT2D eigenvalue weighted by Crippen LogP contribution is 2.33. The summed E-state index contributed by atoms with van der Waals surface area (Å²) in [7, 11) is 0. The molecule has 1 fully saturated rings. The molecular formula is C29H35N5O8S. The van der Waals surface area contributed by atoms with Crippen LogP contribution in [-0.4, -0.2) is 70.8 Å². The Morgan fingerprint density at radius 3 is 2.67 bits per heavy atom. The number of rotatable bonds is 12. The molecule has 0 bridgehead atoms. The number of nitrogens with one attached hydrogen (secondary N) is 2. The SMILES string of the molecule is CC(C)(C)OC(=O)NC[C@@H](C(=O)Nc1cc2ccncc2s1)C1CC(C(=O)OCc2ccccc2)N(CCO[N+](=O)[O-])C1. The highest BCUT2D eigenvalue weighted by atomic mass is 32.1. The van der Waals surface area contributed by atoms with Gasteiger partial charge in [-0.15, -0.1) is 21.5 Å². The molecule has 1 aliphatic heterocycles. The molecule has 1 saturated heterocycles. The van der Waals surface area contributed by atoms with Crippen molar-refractivity contribution in [2.75, 3.05) is 31.6 Å². The molecule has 1 aromatic carbocycles. The van der Waals surface area contributed by atoms with Gasteiger partial charge in [-0.1, -0.05) is 30.3 Å². The molecule has 0 spiro atoms. The Kier molecular flexibility index (Phi) is 10.5. The summed E-state index contributed by atoms with van der Waals surface area (Å²) in [6, 6.07) is 12.1. The van der Waals surface area contributed by atoms with Crippen molar-refractivity contribution in [1.82, 2.24) is 15.2 Å². The van der Waals surface area contributed by atoms with E-state index < -0.39 is 40.6 Å². The largest absolute Gasteiger partial charge is 0.460 e. The van der Waals surface area contributed by atoms with Crippen LogP contribution < -0.4 is 10.6 Å². The quantitative estimate of drug-likeness (QED) is 0.173. The number of benzene rings is 1. The number of anilines is 1. The van der Waals surface area contributed by atoms with Gasteiger partial charge < -0.3 is 24.9 Å². The Balaban J connectivity index is 1.52. The van der Waals surface area contributed by atoms with E-state index in [-0.39, 0.29) is 45.2 Å². The first-order valence-electron chi connectivity index (χ1n) is 13.8. The van der Waals surface area contributed by atoms with Crippen LogP contribution >= 0.6 is 11.3 Å². The first kappa shape index (κ1) is 31.6. The van der Waals surface area contributed by atoms with Crippen molar-refractivity contribution in [2.45, 2.75) is 45.4 Å². The van der Waals surface area contributed by atoms with Gasteiger partial charge in [0.2, 0.25) is 5.91 Å². The van der Waals surface area contributed by atoms with Crippen molar-refractivity contribution in [2.24, 2.45) is 11.8 Å². The predicted octanol–water partition coefficient (Wildman–Crippen LogP) is 4.02. The van der Waals surface area contributed by atoms with Gasteiger partial charge in [0.25, 0.3) is 5.09 Å². The van der Waals surface area contributed by atoms with Crippen molar-refractivity contribution >= 4 is 44.4 Å². The number of carbonyl (C=O) groups excluding carboxylic acids is 3. The highest BCUT2D eigenvalue weighted by Gasteiger charge is 2.43. The van der Waals surface area contributed by atoms with E-state index in [9.17, 15) is 24.5 Å². The molecule has 230 valence electrons. The van der Waals surface area contributed by atoms with E-state index in [1.165, 1.54) is 11.3 Å². The highest BCUT2D eigenvalue weighted by molar-refractivity contribution is 7.22. The summed E-state index contributed by atoms with van der Waals surface area (Å²) in [5.74, 6) is -2.03. The molecule has 14 heteroatoms. The Bertz CT molecular complexity index is 1390. The maximum atomic E-state index is 13.7. The van der Waals surface area contributed by atoms with E-state index in [1.54, 1.807) is 38.1 Å². The van der Waals surface area contributed by atoms with Gasteiger partial charge in [-0.3, -0.25) is 19.5 Å². The van der Waals surface area contributed by atoms with Crippen LogP contribution in [0.4, 0.5) is 9.80 Å². The number of carbonyl (C=O) groups is 3. The average Bonchev–Trinajstić information content (AvgIpc) is 3.55. The van der Waals surface area contributed by atoms with Crippen molar-refractivity contribution in [3.63, 3.8) is 0 Å². The van der Waals surface area contributed by atoms with Crippen LogP contribution in [0.1, 0.15) is 32.8 Å². The first-order valence-corrected chi connectivity index (χ1v) is 14.6. The Morgan fingerprint density at radius 1 is 1.21 bits per heavy atom. The van der Waals surface area contributed by atoms with E-state index in [2.05, 4.69) is 20.5 Å². The fourth-order valence-corrected chi connectivity index (χ4v) is 5.85. The molecule has 43 heavy (non-hydrogen) atoms. The number of amides is 2. The molecule has 3 heterocycles. The number of hydrogen-bond donors (Lipinski definition) is 2. The standard InChI is InChI=1S/C29H35N5O8S/c1-29(2,3)42-28(37)31-15-22(26(35)32-25-14-20-9-10-30-16-24(20)43-25)21-13-23(33(17-21)11-12-41-34(38)39)27(36)40-18-19-7-5-4-6-8-19/h4-10,14,16,21-23H,11-13,15,17-18H2,1-3H3,(H,31,37)(H,32,35)/t21?,22-,23?/m1/s1. The lowest BCUT2D eigenvalue weighted by Crippen LogP contribution is -2.42. The topological polar surface area (TPSA) is 162 Å². The smallest absolute Gasteiger partial charge is 0.407 e. The molecule has 2 N–H and O–H groups in total. The number of thiophene rings is 1. The van der Waals surface area contributed by atoms with Crippen molar-refractivity contribution < 1.29 is 33.8 Å². The summed E-state index contributed by atoms with van der Waals surface area (Å²) in [5.41, 5.74) is 0.0767. The number of likely N-dealkylation sites (tertiary alicyclic amines) is 1. The summed E-state index contributed by atoms with van der Waals surface area (Å²) >= 11 is 1.37. The van der Waals surface area contributed by atoms with E-state index in [1.807, 2.05) is 42.5 Å². The predicted molar refractivity (Wildman–Crippen MR) is 159 cm³/mol. The average molecular weight is 614 g/mol. The number of ether oxygens (including phenoxy) is 2. The molecule has 0 radical (unpaired) electrons. The van der Waals surface area contributed by atoms with Gasteiger partial charge in [-0.25, -0.2) is 4.79 Å². The zero-order valence-corrected chi connectivity index (χ0v) is 25.0. The van der Waals surface area contributed by atoms with Crippen molar-refractivity contribution in [3.05, 3.63) is 70.5 Å². The summed E-state index contributed by atoms with van der Waals surface area (Å²) in [6.07, 6.45) is 2.94. The lowest BCUT2D eigenvalue weighted by Gasteiger charge is -2.25. The molecule has 13 nitrogen and oxygen atoms in total. The monoisotopic (exact) mass is 613 g/mol. The summed E-state index contributed by atoms with van der Waals surface area (Å²) in [6.45, 7) is 5.27. The van der Waals surface area contributed by atoms with Crippen LogP contribution in [0.25, 0.3) is 10.1 Å². The fourth-order valence-electron chi connectivity index (χ4n) is 4.92. The minimum Gasteiger partial charge on any atom is -0.460 e. The van der Waals surface area contributed by atoms with Gasteiger partial charge in [0.15, 0.2) is 0 Å². The molecule has 1 aliphatic rings. The molecule has 3 atom stereocenters.